The summed E-state index contributed by atoms with van der Waals surface area (Å²) < 4.78 is 11.9. The molecule has 0 bridgehead atoms. The van der Waals surface area contributed by atoms with Crippen LogP contribution in [0.1, 0.15) is 46.4 Å². The van der Waals surface area contributed by atoms with E-state index in [9.17, 15) is 4.79 Å². The largest absolute Gasteiger partial charge is 0.464 e. The fourth-order valence-electron chi connectivity index (χ4n) is 2.84. The van der Waals surface area contributed by atoms with Crippen molar-refractivity contribution in [3.63, 3.8) is 0 Å². The van der Waals surface area contributed by atoms with E-state index < -0.39 is 5.97 Å². The number of aromatic nitrogens is 4. The van der Waals surface area contributed by atoms with Crippen molar-refractivity contribution in [3.8, 4) is 0 Å². The molecule has 8 nitrogen and oxygen atoms in total. The van der Waals surface area contributed by atoms with Crippen LogP contribution in [0, 0.1) is 6.92 Å². The molecule has 2 aromatic heterocycles. The van der Waals surface area contributed by atoms with E-state index in [2.05, 4.69) is 20.7 Å². The van der Waals surface area contributed by atoms with Gasteiger partial charge in [0.15, 0.2) is 10.9 Å². The Morgan fingerprint density at radius 2 is 2.17 bits per heavy atom. The van der Waals surface area contributed by atoms with Crippen molar-refractivity contribution in [2.75, 3.05) is 20.2 Å². The zero-order valence-electron chi connectivity index (χ0n) is 14.0. The zero-order valence-corrected chi connectivity index (χ0v) is 14.9. The van der Waals surface area contributed by atoms with Crippen molar-refractivity contribution in [2.45, 2.75) is 36.6 Å². The van der Waals surface area contributed by atoms with Crippen LogP contribution in [0.4, 0.5) is 0 Å². The molecule has 1 aliphatic rings. The summed E-state index contributed by atoms with van der Waals surface area (Å²) in [6.45, 7) is 3.82. The number of hydrogen-bond donors (Lipinski definition) is 1. The highest BCUT2D eigenvalue weighted by Crippen LogP contribution is 2.29. The Balaban J connectivity index is 1.73. The number of ether oxygens (including phenoxy) is 1. The minimum atomic E-state index is -0.490. The first-order valence-corrected chi connectivity index (χ1v) is 8.86. The molecule has 0 spiro atoms. The molecule has 3 heterocycles. The molecule has 2 aromatic rings. The van der Waals surface area contributed by atoms with E-state index in [0.717, 1.165) is 42.5 Å². The van der Waals surface area contributed by atoms with Crippen LogP contribution in [-0.2, 0) is 17.5 Å². The average Bonchev–Trinajstić information content (AvgIpc) is 3.16. The molecule has 3 rings (SSSR count). The Bertz CT molecular complexity index is 721. The number of carbonyl (C=O) groups is 1. The standard InChI is InChI=1S/C15H21N5O3S/c1-9-11(12(19-23-9)14(21)22-3)8-24-15-18-17-13(20(15)2)10-4-6-16-7-5-10/h10,16H,4-8H2,1-3H3. The second kappa shape index (κ2) is 7.35. The summed E-state index contributed by atoms with van der Waals surface area (Å²) >= 11 is 1.51. The van der Waals surface area contributed by atoms with Crippen LogP contribution in [0.2, 0.25) is 0 Å². The van der Waals surface area contributed by atoms with Gasteiger partial charge in [0.2, 0.25) is 0 Å². The number of hydrogen-bond acceptors (Lipinski definition) is 8. The Morgan fingerprint density at radius 1 is 1.42 bits per heavy atom. The maximum Gasteiger partial charge on any atom is 0.360 e. The van der Waals surface area contributed by atoms with Gasteiger partial charge in [-0.3, -0.25) is 0 Å². The van der Waals surface area contributed by atoms with E-state index >= 15 is 0 Å². The fourth-order valence-corrected chi connectivity index (χ4v) is 3.84. The van der Waals surface area contributed by atoms with Crippen molar-refractivity contribution >= 4 is 17.7 Å². The number of rotatable bonds is 5. The molecule has 0 amide bonds. The molecule has 1 saturated heterocycles. The summed E-state index contributed by atoms with van der Waals surface area (Å²) in [6, 6.07) is 0. The van der Waals surface area contributed by atoms with Crippen molar-refractivity contribution in [2.24, 2.45) is 7.05 Å². The molecule has 1 fully saturated rings. The van der Waals surface area contributed by atoms with Crippen LogP contribution >= 0.6 is 11.8 Å². The predicted octanol–water partition coefficient (Wildman–Crippen LogP) is 1.66. The molecular formula is C15H21N5O3S. The molecule has 0 saturated carbocycles. The number of esters is 1. The second-order valence-electron chi connectivity index (χ2n) is 5.77. The fraction of sp³-hybridized carbons (Fsp3) is 0.600. The van der Waals surface area contributed by atoms with Crippen molar-refractivity contribution in [1.82, 2.24) is 25.2 Å². The highest BCUT2D eigenvalue weighted by Gasteiger charge is 2.24. The van der Waals surface area contributed by atoms with Crippen LogP contribution < -0.4 is 5.32 Å². The molecule has 0 aliphatic carbocycles. The van der Waals surface area contributed by atoms with Gasteiger partial charge in [-0.15, -0.1) is 10.2 Å². The normalized spacial score (nSPS) is 15.6. The summed E-state index contributed by atoms with van der Waals surface area (Å²) in [5, 5.41) is 16.6. The Hall–Kier alpha value is -1.87. The Morgan fingerprint density at radius 3 is 2.88 bits per heavy atom. The third kappa shape index (κ3) is 3.32. The third-order valence-electron chi connectivity index (χ3n) is 4.28. The van der Waals surface area contributed by atoms with E-state index in [-0.39, 0.29) is 5.69 Å². The molecule has 9 heteroatoms. The highest BCUT2D eigenvalue weighted by molar-refractivity contribution is 7.98. The zero-order chi connectivity index (χ0) is 17.1. The number of aryl methyl sites for hydroxylation is 1. The van der Waals surface area contributed by atoms with E-state index in [1.54, 1.807) is 6.92 Å². The lowest BCUT2D eigenvalue weighted by atomic mass is 9.97. The van der Waals surface area contributed by atoms with Gasteiger partial charge in [0.1, 0.15) is 11.6 Å². The SMILES string of the molecule is COC(=O)c1noc(C)c1CSc1nnc(C2CCNCC2)n1C. The first kappa shape index (κ1) is 17.0. The first-order chi connectivity index (χ1) is 11.6. The maximum absolute atomic E-state index is 11.7. The van der Waals surface area contributed by atoms with Gasteiger partial charge in [0.25, 0.3) is 0 Å². The lowest BCUT2D eigenvalue weighted by Crippen LogP contribution is -2.27. The lowest BCUT2D eigenvalue weighted by molar-refractivity contribution is 0.0588. The maximum atomic E-state index is 11.7. The van der Waals surface area contributed by atoms with Gasteiger partial charge in [-0.25, -0.2) is 4.79 Å². The molecule has 1 N–H and O–H groups in total. The summed E-state index contributed by atoms with van der Waals surface area (Å²) in [5.41, 5.74) is 0.960. The molecule has 0 aromatic carbocycles. The molecular weight excluding hydrogens is 330 g/mol. The highest BCUT2D eigenvalue weighted by atomic mass is 32.2. The van der Waals surface area contributed by atoms with E-state index in [1.807, 2.05) is 11.6 Å². The summed E-state index contributed by atoms with van der Waals surface area (Å²) in [6.07, 6.45) is 2.15. The van der Waals surface area contributed by atoms with Gasteiger partial charge in [-0.1, -0.05) is 16.9 Å². The smallest absolute Gasteiger partial charge is 0.360 e. The van der Waals surface area contributed by atoms with Crippen LogP contribution in [0.5, 0.6) is 0 Å². The summed E-state index contributed by atoms with van der Waals surface area (Å²) in [4.78, 5) is 11.7. The monoisotopic (exact) mass is 351 g/mol. The number of nitrogens with zero attached hydrogens (tertiary/aromatic N) is 4. The number of thioether (sulfide) groups is 1. The van der Waals surface area contributed by atoms with Gasteiger partial charge < -0.3 is 19.1 Å². The number of nitrogens with one attached hydrogen (secondary N) is 1. The Labute approximate surface area is 144 Å². The number of carbonyl (C=O) groups excluding carboxylic acids is 1. The summed E-state index contributed by atoms with van der Waals surface area (Å²) in [7, 11) is 3.32. The molecule has 130 valence electrons. The van der Waals surface area contributed by atoms with E-state index in [4.69, 9.17) is 9.26 Å². The van der Waals surface area contributed by atoms with Crippen LogP contribution in [0.3, 0.4) is 0 Å². The average molecular weight is 351 g/mol. The minimum absolute atomic E-state index is 0.225. The lowest BCUT2D eigenvalue weighted by Gasteiger charge is -2.21. The summed E-state index contributed by atoms with van der Waals surface area (Å²) in [5.74, 6) is 2.12. The van der Waals surface area contributed by atoms with E-state index in [0.29, 0.717) is 17.4 Å². The number of methoxy groups -OCH3 is 1. The first-order valence-electron chi connectivity index (χ1n) is 7.88. The van der Waals surface area contributed by atoms with Crippen molar-refractivity contribution < 1.29 is 14.1 Å². The molecule has 1 aliphatic heterocycles. The van der Waals surface area contributed by atoms with Gasteiger partial charge in [-0.2, -0.15) is 0 Å². The topological polar surface area (TPSA) is 95.1 Å². The molecule has 0 atom stereocenters. The van der Waals surface area contributed by atoms with Gasteiger partial charge in [0.05, 0.1) is 7.11 Å². The van der Waals surface area contributed by atoms with Crippen LogP contribution in [-0.4, -0.2) is 46.1 Å². The van der Waals surface area contributed by atoms with Gasteiger partial charge in [0, 0.05) is 24.3 Å². The van der Waals surface area contributed by atoms with Gasteiger partial charge >= 0.3 is 5.97 Å². The number of piperidine rings is 1. The minimum Gasteiger partial charge on any atom is -0.464 e. The quantitative estimate of drug-likeness (QED) is 0.642. The molecule has 0 radical (unpaired) electrons. The van der Waals surface area contributed by atoms with Crippen molar-refractivity contribution in [3.05, 3.63) is 22.8 Å². The van der Waals surface area contributed by atoms with Crippen LogP contribution in [0.25, 0.3) is 0 Å². The van der Waals surface area contributed by atoms with Crippen LogP contribution in [0.15, 0.2) is 9.68 Å². The third-order valence-corrected chi connectivity index (χ3v) is 5.33. The van der Waals surface area contributed by atoms with Crippen molar-refractivity contribution in [1.29, 1.82) is 0 Å². The predicted molar refractivity (Wildman–Crippen MR) is 88.0 cm³/mol. The Kier molecular flexibility index (Phi) is 5.20. The van der Waals surface area contributed by atoms with Gasteiger partial charge in [-0.05, 0) is 32.9 Å². The van der Waals surface area contributed by atoms with E-state index in [1.165, 1.54) is 18.9 Å². The molecule has 0 unspecified atom stereocenters. The molecule has 24 heavy (non-hydrogen) atoms. The second-order valence-corrected chi connectivity index (χ2v) is 6.71.